The molecule has 0 amide bonds. The third-order valence-corrected chi connectivity index (χ3v) is 3.96. The number of methoxy groups -OCH3 is 1. The Bertz CT molecular complexity index is 431. The van der Waals surface area contributed by atoms with E-state index in [9.17, 15) is 5.11 Å². The number of likely N-dealkylation sites (N-methyl/N-ethyl adjacent to an activating group) is 1. The molecule has 1 N–H and O–H groups in total. The van der Waals surface area contributed by atoms with Gasteiger partial charge in [-0.3, -0.25) is 0 Å². The summed E-state index contributed by atoms with van der Waals surface area (Å²) in [4.78, 5) is 2.29. The van der Waals surface area contributed by atoms with Crippen molar-refractivity contribution in [2.45, 2.75) is 38.8 Å². The number of ether oxygens (including phenoxy) is 1. The van der Waals surface area contributed by atoms with Crippen LogP contribution in [0.4, 0.5) is 0 Å². The lowest BCUT2D eigenvalue weighted by atomic mass is 9.85. The molecular formula is C16H25NO2. The van der Waals surface area contributed by atoms with Crippen LogP contribution in [0.15, 0.2) is 18.2 Å². The van der Waals surface area contributed by atoms with E-state index in [1.165, 1.54) is 5.56 Å². The summed E-state index contributed by atoms with van der Waals surface area (Å²) in [6.07, 6.45) is 1.63. The number of hydrogen-bond donors (Lipinski definition) is 1. The third kappa shape index (κ3) is 3.10. The number of benzene rings is 1. The van der Waals surface area contributed by atoms with Crippen molar-refractivity contribution >= 4 is 0 Å². The zero-order chi connectivity index (χ0) is 14.0. The summed E-state index contributed by atoms with van der Waals surface area (Å²) in [6.45, 7) is 5.44. The highest BCUT2D eigenvalue weighted by Gasteiger charge is 2.31. The van der Waals surface area contributed by atoms with Crippen LogP contribution in [0.5, 0.6) is 5.75 Å². The maximum atomic E-state index is 10.6. The quantitative estimate of drug-likeness (QED) is 0.906. The minimum Gasteiger partial charge on any atom is -0.497 e. The number of aliphatic hydroxyl groups excluding tert-OH is 1. The molecule has 3 heteroatoms. The van der Waals surface area contributed by atoms with Crippen LogP contribution < -0.4 is 4.74 Å². The Morgan fingerprint density at radius 3 is 2.79 bits per heavy atom. The van der Waals surface area contributed by atoms with Crippen LogP contribution >= 0.6 is 0 Å². The van der Waals surface area contributed by atoms with E-state index in [0.29, 0.717) is 5.92 Å². The Kier molecular flexibility index (Phi) is 4.48. The summed E-state index contributed by atoms with van der Waals surface area (Å²) >= 11 is 0. The fourth-order valence-electron chi connectivity index (χ4n) is 3.04. The standard InChI is InChI=1S/C16H25NO2/c1-11(2)10-17(3)15-8-6-12-5-7-13(19-4)9-14(12)16(15)18/h5,7,9,11,15-16,18H,6,8,10H2,1-4H3. The summed E-state index contributed by atoms with van der Waals surface area (Å²) in [5.74, 6) is 1.44. The van der Waals surface area contributed by atoms with Crippen LogP contribution in [0, 0.1) is 5.92 Å². The highest BCUT2D eigenvalue weighted by atomic mass is 16.5. The number of hydrogen-bond acceptors (Lipinski definition) is 3. The van der Waals surface area contributed by atoms with Crippen LogP contribution in [0.3, 0.4) is 0 Å². The molecule has 1 aromatic carbocycles. The van der Waals surface area contributed by atoms with Crippen molar-refractivity contribution in [3.8, 4) is 5.75 Å². The van der Waals surface area contributed by atoms with Crippen molar-refractivity contribution in [3.63, 3.8) is 0 Å². The highest BCUT2D eigenvalue weighted by molar-refractivity contribution is 5.39. The maximum absolute atomic E-state index is 10.6. The van der Waals surface area contributed by atoms with Gasteiger partial charge >= 0.3 is 0 Å². The molecule has 2 rings (SSSR count). The van der Waals surface area contributed by atoms with E-state index in [0.717, 1.165) is 30.7 Å². The Labute approximate surface area is 116 Å². The number of aliphatic hydroxyl groups is 1. The minimum atomic E-state index is -0.414. The Morgan fingerprint density at radius 1 is 1.42 bits per heavy atom. The van der Waals surface area contributed by atoms with Gasteiger partial charge in [0.05, 0.1) is 13.2 Å². The third-order valence-electron chi connectivity index (χ3n) is 3.96. The molecule has 1 aliphatic carbocycles. The molecule has 3 nitrogen and oxygen atoms in total. The molecule has 0 heterocycles. The molecule has 1 aromatic rings. The highest BCUT2D eigenvalue weighted by Crippen LogP contribution is 2.34. The lowest BCUT2D eigenvalue weighted by Gasteiger charge is -2.37. The van der Waals surface area contributed by atoms with E-state index in [2.05, 4.69) is 31.9 Å². The molecule has 0 saturated carbocycles. The van der Waals surface area contributed by atoms with Gasteiger partial charge in [-0.2, -0.15) is 0 Å². The SMILES string of the molecule is COc1ccc2c(c1)C(O)C(N(C)CC(C)C)CC2. The van der Waals surface area contributed by atoms with Gasteiger partial charge in [0.25, 0.3) is 0 Å². The van der Waals surface area contributed by atoms with Crippen molar-refractivity contribution in [3.05, 3.63) is 29.3 Å². The van der Waals surface area contributed by atoms with Crippen molar-refractivity contribution in [2.24, 2.45) is 5.92 Å². The van der Waals surface area contributed by atoms with Gasteiger partial charge < -0.3 is 14.7 Å². The molecule has 2 unspecified atom stereocenters. The summed E-state index contributed by atoms with van der Waals surface area (Å²) in [7, 11) is 3.78. The predicted molar refractivity (Wildman–Crippen MR) is 77.5 cm³/mol. The molecule has 19 heavy (non-hydrogen) atoms. The average molecular weight is 263 g/mol. The van der Waals surface area contributed by atoms with Gasteiger partial charge in [0.2, 0.25) is 0 Å². The number of nitrogens with zero attached hydrogens (tertiary/aromatic N) is 1. The van der Waals surface area contributed by atoms with E-state index < -0.39 is 6.10 Å². The average Bonchev–Trinajstić information content (AvgIpc) is 2.38. The molecule has 0 radical (unpaired) electrons. The van der Waals surface area contributed by atoms with Crippen LogP contribution in [-0.2, 0) is 6.42 Å². The van der Waals surface area contributed by atoms with Crippen LogP contribution in [-0.4, -0.2) is 36.8 Å². The van der Waals surface area contributed by atoms with Crippen molar-refractivity contribution < 1.29 is 9.84 Å². The fourth-order valence-corrected chi connectivity index (χ4v) is 3.04. The smallest absolute Gasteiger partial charge is 0.119 e. The normalized spacial score (nSPS) is 22.7. The molecule has 0 aromatic heterocycles. The number of rotatable bonds is 4. The van der Waals surface area contributed by atoms with E-state index in [1.54, 1.807) is 7.11 Å². The van der Waals surface area contributed by atoms with Gasteiger partial charge in [-0.15, -0.1) is 0 Å². The topological polar surface area (TPSA) is 32.7 Å². The molecule has 0 spiro atoms. The molecule has 0 bridgehead atoms. The van der Waals surface area contributed by atoms with E-state index in [-0.39, 0.29) is 6.04 Å². The number of fused-ring (bicyclic) bond motifs is 1. The molecular weight excluding hydrogens is 238 g/mol. The molecule has 0 saturated heterocycles. The maximum Gasteiger partial charge on any atom is 0.119 e. The van der Waals surface area contributed by atoms with Crippen LogP contribution in [0.2, 0.25) is 0 Å². The molecule has 1 aliphatic rings. The van der Waals surface area contributed by atoms with Crippen molar-refractivity contribution in [2.75, 3.05) is 20.7 Å². The summed E-state index contributed by atoms with van der Waals surface area (Å²) in [6, 6.07) is 6.25. The largest absolute Gasteiger partial charge is 0.497 e. The number of aryl methyl sites for hydroxylation is 1. The first-order valence-electron chi connectivity index (χ1n) is 7.08. The van der Waals surface area contributed by atoms with Crippen LogP contribution in [0.25, 0.3) is 0 Å². The lowest BCUT2D eigenvalue weighted by molar-refractivity contribution is 0.0445. The predicted octanol–water partition coefficient (Wildman–Crippen LogP) is 2.63. The minimum absolute atomic E-state index is 0.210. The van der Waals surface area contributed by atoms with Gasteiger partial charge in [0.15, 0.2) is 0 Å². The summed E-state index contributed by atoms with van der Waals surface area (Å²) < 4.78 is 5.26. The monoisotopic (exact) mass is 263 g/mol. The van der Waals surface area contributed by atoms with Gasteiger partial charge in [-0.05, 0) is 49.1 Å². The van der Waals surface area contributed by atoms with Crippen molar-refractivity contribution in [1.29, 1.82) is 0 Å². The Morgan fingerprint density at radius 2 is 2.16 bits per heavy atom. The summed E-state index contributed by atoms with van der Waals surface area (Å²) in [5, 5.41) is 10.6. The fraction of sp³-hybridized carbons (Fsp3) is 0.625. The van der Waals surface area contributed by atoms with Gasteiger partial charge in [-0.25, -0.2) is 0 Å². The van der Waals surface area contributed by atoms with E-state index >= 15 is 0 Å². The van der Waals surface area contributed by atoms with Crippen LogP contribution in [0.1, 0.15) is 37.5 Å². The lowest BCUT2D eigenvalue weighted by Crippen LogP contribution is -2.41. The second-order valence-corrected chi connectivity index (χ2v) is 5.95. The Balaban J connectivity index is 2.20. The molecule has 0 aliphatic heterocycles. The summed E-state index contributed by atoms with van der Waals surface area (Å²) in [5.41, 5.74) is 2.29. The second kappa shape index (κ2) is 5.93. The first-order valence-corrected chi connectivity index (χ1v) is 7.08. The second-order valence-electron chi connectivity index (χ2n) is 5.95. The van der Waals surface area contributed by atoms with E-state index in [1.807, 2.05) is 12.1 Å². The molecule has 106 valence electrons. The van der Waals surface area contributed by atoms with E-state index in [4.69, 9.17) is 4.74 Å². The zero-order valence-corrected chi connectivity index (χ0v) is 12.4. The van der Waals surface area contributed by atoms with Crippen molar-refractivity contribution in [1.82, 2.24) is 4.90 Å². The van der Waals surface area contributed by atoms with Gasteiger partial charge in [-0.1, -0.05) is 19.9 Å². The Hall–Kier alpha value is -1.06. The van der Waals surface area contributed by atoms with Gasteiger partial charge in [0, 0.05) is 12.6 Å². The van der Waals surface area contributed by atoms with Gasteiger partial charge in [0.1, 0.15) is 5.75 Å². The molecule has 2 atom stereocenters. The first kappa shape index (κ1) is 14.4. The zero-order valence-electron chi connectivity index (χ0n) is 12.4. The first-order chi connectivity index (χ1) is 9.02. The molecule has 0 fully saturated rings.